The van der Waals surface area contributed by atoms with Crippen molar-refractivity contribution in [3.05, 3.63) is 40.4 Å². The summed E-state index contributed by atoms with van der Waals surface area (Å²) in [6, 6.07) is 3.65. The van der Waals surface area contributed by atoms with Gasteiger partial charge in [0.15, 0.2) is 23.3 Å². The molecule has 0 spiro atoms. The summed E-state index contributed by atoms with van der Waals surface area (Å²) < 4.78 is 54.9. The van der Waals surface area contributed by atoms with Gasteiger partial charge >= 0.3 is 0 Å². The highest BCUT2D eigenvalue weighted by Gasteiger charge is 2.48. The second kappa shape index (κ2) is 8.32. The standard InChI is InChI=1S/C20H18ClF2N3O6/c1-28-14-2-8(10(22)4-11(14)23)5-31-19-9(21)3-12-18(25-19)26-20(24-12)32-15-7-30-16-13(27)6-29-17(15)16/h2-4,13,15-17,27H,5-7H2,1H3,(H,24,25,26)/t13-,15-,16-,17?/m1/s1. The van der Waals surface area contributed by atoms with Gasteiger partial charge in [-0.1, -0.05) is 11.6 Å². The van der Waals surface area contributed by atoms with Gasteiger partial charge < -0.3 is 33.8 Å². The zero-order valence-corrected chi connectivity index (χ0v) is 17.4. The van der Waals surface area contributed by atoms with Crippen molar-refractivity contribution in [2.24, 2.45) is 0 Å². The molecule has 2 aliphatic heterocycles. The molecule has 9 nitrogen and oxygen atoms in total. The Morgan fingerprint density at radius 3 is 2.78 bits per heavy atom. The van der Waals surface area contributed by atoms with E-state index in [-0.39, 0.29) is 53.7 Å². The molecule has 2 saturated heterocycles. The predicted octanol–water partition coefficient (Wildman–Crippen LogP) is 2.38. The summed E-state index contributed by atoms with van der Waals surface area (Å²) in [6.07, 6.45) is -1.95. The maximum Gasteiger partial charge on any atom is 0.296 e. The highest BCUT2D eigenvalue weighted by Crippen LogP contribution is 2.32. The maximum atomic E-state index is 14.0. The van der Waals surface area contributed by atoms with Gasteiger partial charge in [-0.05, 0) is 12.1 Å². The van der Waals surface area contributed by atoms with Crippen molar-refractivity contribution >= 4 is 22.8 Å². The minimum Gasteiger partial charge on any atom is -0.494 e. The van der Waals surface area contributed by atoms with E-state index >= 15 is 0 Å². The molecule has 4 heterocycles. The number of aliphatic hydroxyl groups excluding tert-OH is 1. The molecule has 0 aliphatic carbocycles. The van der Waals surface area contributed by atoms with Crippen LogP contribution in [0.1, 0.15) is 5.56 Å². The zero-order valence-electron chi connectivity index (χ0n) is 16.7. The number of methoxy groups -OCH3 is 1. The van der Waals surface area contributed by atoms with Gasteiger partial charge in [-0.15, -0.1) is 0 Å². The number of aromatic nitrogens is 3. The van der Waals surface area contributed by atoms with E-state index in [2.05, 4.69) is 15.0 Å². The summed E-state index contributed by atoms with van der Waals surface area (Å²) in [6.45, 7) is 0.184. The molecule has 0 saturated carbocycles. The number of benzene rings is 1. The molecule has 3 aromatic rings. The van der Waals surface area contributed by atoms with Crippen LogP contribution in [0.25, 0.3) is 11.2 Å². The quantitative estimate of drug-likeness (QED) is 0.566. The van der Waals surface area contributed by atoms with E-state index < -0.39 is 36.1 Å². The van der Waals surface area contributed by atoms with E-state index in [0.29, 0.717) is 5.52 Å². The molecule has 0 amide bonds. The molecule has 1 aromatic carbocycles. The number of rotatable bonds is 6. The van der Waals surface area contributed by atoms with Crippen molar-refractivity contribution in [2.75, 3.05) is 20.3 Å². The summed E-state index contributed by atoms with van der Waals surface area (Å²) in [4.78, 5) is 11.5. The average molecular weight is 470 g/mol. The number of nitrogens with one attached hydrogen (secondary N) is 1. The maximum absolute atomic E-state index is 14.0. The molecule has 2 aliphatic rings. The van der Waals surface area contributed by atoms with Crippen LogP contribution in [0.5, 0.6) is 17.6 Å². The lowest BCUT2D eigenvalue weighted by atomic mass is 10.1. The Morgan fingerprint density at radius 1 is 1.16 bits per heavy atom. The zero-order chi connectivity index (χ0) is 22.4. The van der Waals surface area contributed by atoms with Crippen molar-refractivity contribution in [1.82, 2.24) is 15.0 Å². The largest absolute Gasteiger partial charge is 0.494 e. The van der Waals surface area contributed by atoms with E-state index in [0.717, 1.165) is 6.07 Å². The molecule has 2 aromatic heterocycles. The van der Waals surface area contributed by atoms with E-state index in [9.17, 15) is 13.9 Å². The van der Waals surface area contributed by atoms with Crippen LogP contribution in [0, 0.1) is 11.6 Å². The second-order valence-corrected chi connectivity index (χ2v) is 7.78. The van der Waals surface area contributed by atoms with Gasteiger partial charge in [-0.3, -0.25) is 0 Å². The molecule has 0 bridgehead atoms. The first-order valence-electron chi connectivity index (χ1n) is 9.72. The molecule has 2 N–H and O–H groups in total. The molecular formula is C20H18ClF2N3O6. The fourth-order valence-electron chi connectivity index (χ4n) is 3.71. The van der Waals surface area contributed by atoms with Gasteiger partial charge in [0.1, 0.15) is 35.8 Å². The highest BCUT2D eigenvalue weighted by molar-refractivity contribution is 6.32. The molecule has 2 fully saturated rings. The van der Waals surface area contributed by atoms with Gasteiger partial charge in [-0.2, -0.15) is 9.97 Å². The van der Waals surface area contributed by atoms with Crippen LogP contribution < -0.4 is 14.2 Å². The lowest BCUT2D eigenvalue weighted by molar-refractivity contribution is 0.00706. The Morgan fingerprint density at radius 2 is 1.97 bits per heavy atom. The molecular weight excluding hydrogens is 452 g/mol. The van der Waals surface area contributed by atoms with Crippen LogP contribution in [-0.4, -0.2) is 64.8 Å². The Bertz CT molecular complexity index is 1160. The van der Waals surface area contributed by atoms with Crippen LogP contribution >= 0.6 is 11.6 Å². The summed E-state index contributed by atoms with van der Waals surface area (Å²) >= 11 is 6.24. The lowest BCUT2D eigenvalue weighted by Crippen LogP contribution is -2.34. The summed E-state index contributed by atoms with van der Waals surface area (Å²) in [5.74, 6) is -1.68. The van der Waals surface area contributed by atoms with Crippen LogP contribution in [0.2, 0.25) is 5.02 Å². The third-order valence-corrected chi connectivity index (χ3v) is 5.57. The SMILES string of the molecule is COc1cc(COc2nc3nc(O[C@@H]4CO[C@H]5C4OC[C@H]5O)[nH]c3cc2Cl)c(F)cc1F. The van der Waals surface area contributed by atoms with Crippen LogP contribution in [0.4, 0.5) is 8.78 Å². The normalized spacial score (nSPS) is 24.7. The number of hydrogen-bond acceptors (Lipinski definition) is 8. The van der Waals surface area contributed by atoms with Gasteiger partial charge in [0.25, 0.3) is 6.01 Å². The topological polar surface area (TPSA) is 108 Å². The third-order valence-electron chi connectivity index (χ3n) is 5.30. The van der Waals surface area contributed by atoms with Gasteiger partial charge in [-0.25, -0.2) is 8.78 Å². The molecule has 5 rings (SSSR count). The summed E-state index contributed by atoms with van der Waals surface area (Å²) in [5.41, 5.74) is 0.830. The first-order valence-corrected chi connectivity index (χ1v) is 10.1. The molecule has 12 heteroatoms. The van der Waals surface area contributed by atoms with E-state index in [4.69, 9.17) is 35.3 Å². The lowest BCUT2D eigenvalue weighted by Gasteiger charge is -2.15. The van der Waals surface area contributed by atoms with Gasteiger partial charge in [0, 0.05) is 11.6 Å². The first-order chi connectivity index (χ1) is 15.4. The first kappa shape index (κ1) is 21.1. The Hall–Kier alpha value is -2.73. The molecule has 32 heavy (non-hydrogen) atoms. The Kier molecular flexibility index (Phi) is 5.49. The van der Waals surface area contributed by atoms with Crippen molar-refractivity contribution in [3.63, 3.8) is 0 Å². The van der Waals surface area contributed by atoms with Gasteiger partial charge in [0.05, 0.1) is 25.8 Å². The van der Waals surface area contributed by atoms with Crippen molar-refractivity contribution < 1.29 is 37.6 Å². The molecule has 4 atom stereocenters. The van der Waals surface area contributed by atoms with E-state index in [1.165, 1.54) is 13.2 Å². The van der Waals surface area contributed by atoms with E-state index in [1.54, 1.807) is 6.07 Å². The van der Waals surface area contributed by atoms with E-state index in [1.807, 2.05) is 0 Å². The van der Waals surface area contributed by atoms with Gasteiger partial charge in [0.2, 0.25) is 5.88 Å². The monoisotopic (exact) mass is 469 g/mol. The third kappa shape index (κ3) is 3.81. The second-order valence-electron chi connectivity index (χ2n) is 7.37. The Balaban J connectivity index is 1.32. The number of aromatic amines is 1. The van der Waals surface area contributed by atoms with Crippen molar-refractivity contribution in [2.45, 2.75) is 31.0 Å². The van der Waals surface area contributed by atoms with Crippen LogP contribution in [-0.2, 0) is 16.1 Å². The van der Waals surface area contributed by atoms with Crippen molar-refractivity contribution in [1.29, 1.82) is 0 Å². The number of halogens is 3. The minimum absolute atomic E-state index is 0.0198. The number of nitrogens with zero attached hydrogens (tertiary/aromatic N) is 2. The number of ether oxygens (including phenoxy) is 5. The smallest absolute Gasteiger partial charge is 0.296 e. The molecule has 0 radical (unpaired) electrons. The number of fused-ring (bicyclic) bond motifs is 2. The highest BCUT2D eigenvalue weighted by atomic mass is 35.5. The fourth-order valence-corrected chi connectivity index (χ4v) is 3.92. The fraction of sp³-hybridized carbons (Fsp3) is 0.400. The van der Waals surface area contributed by atoms with Crippen LogP contribution in [0.15, 0.2) is 18.2 Å². The Labute approximate surface area is 185 Å². The summed E-state index contributed by atoms with van der Waals surface area (Å²) in [7, 11) is 1.28. The predicted molar refractivity (Wildman–Crippen MR) is 106 cm³/mol. The number of aliphatic hydroxyl groups is 1. The minimum atomic E-state index is -0.813. The van der Waals surface area contributed by atoms with Crippen molar-refractivity contribution in [3.8, 4) is 17.6 Å². The average Bonchev–Trinajstić information content (AvgIpc) is 3.44. The molecule has 1 unspecified atom stereocenters. The number of imidazole rings is 1. The van der Waals surface area contributed by atoms with Crippen LogP contribution in [0.3, 0.4) is 0 Å². The number of H-pyrrole nitrogens is 1. The number of pyridine rings is 1. The number of hydrogen-bond donors (Lipinski definition) is 2. The summed E-state index contributed by atoms with van der Waals surface area (Å²) in [5, 5.41) is 10.00. The molecule has 170 valence electrons.